The Balaban J connectivity index is 2.76. The maximum Gasteiger partial charge on any atom is 0.335 e. The van der Waals surface area contributed by atoms with Gasteiger partial charge in [0.05, 0.1) is 6.61 Å². The maximum absolute atomic E-state index is 13.0. The van der Waals surface area contributed by atoms with Gasteiger partial charge >= 0.3 is 23.9 Å². The third-order valence-electron chi connectivity index (χ3n) is 11.4. The van der Waals surface area contributed by atoms with Gasteiger partial charge in [0.2, 0.25) is 0 Å². The van der Waals surface area contributed by atoms with Crippen molar-refractivity contribution in [1.29, 1.82) is 0 Å². The number of allylic oxidation sites excluding steroid dienone is 8. The molecule has 0 spiro atoms. The molecule has 1 saturated heterocycles. The first-order valence-electron chi connectivity index (χ1n) is 25.6. The standard InChI is InChI=1S/C53H90O12/c1-4-7-10-13-16-19-21-23-25-28-30-33-36-39-45(54)61-42-44(63-46(55)40-37-34-31-27-18-15-12-9-6-3)43-62-53-51(49(58)48(57)50(65-53)52(59)60)64-47(56)41-38-35-32-29-26-24-22-20-17-14-11-8-5-2/h8,11,17,20,24,26,32,35,44,48-51,53,57-58H,4-7,9-10,12-16,18-19,21-23,25,27-31,33-34,36-43H2,1-3H3,(H,59,60)/b11-8-,20-17-,26-24-,35-32-. The number of rotatable bonds is 42. The summed E-state index contributed by atoms with van der Waals surface area (Å²) in [6.07, 6.45) is 35.6. The number of hydrogen-bond acceptors (Lipinski definition) is 11. The number of carboxylic acids is 1. The van der Waals surface area contributed by atoms with Gasteiger partial charge in [0, 0.05) is 19.3 Å². The summed E-state index contributed by atoms with van der Waals surface area (Å²) >= 11 is 0. The molecule has 0 aromatic carbocycles. The van der Waals surface area contributed by atoms with Gasteiger partial charge in [-0.1, -0.05) is 198 Å². The Bertz CT molecular complexity index is 1330. The number of aliphatic carboxylic acids is 1. The number of carbonyl (C=O) groups excluding carboxylic acids is 3. The van der Waals surface area contributed by atoms with Crippen molar-refractivity contribution in [1.82, 2.24) is 0 Å². The summed E-state index contributed by atoms with van der Waals surface area (Å²) in [5.74, 6) is -3.22. The molecule has 0 aliphatic carbocycles. The maximum atomic E-state index is 13.0. The number of esters is 3. The molecule has 1 rings (SSSR count). The molecule has 6 atom stereocenters. The van der Waals surface area contributed by atoms with E-state index in [1.54, 1.807) is 0 Å². The van der Waals surface area contributed by atoms with Gasteiger partial charge in [0.25, 0.3) is 0 Å². The molecular formula is C53H90O12. The molecule has 3 N–H and O–H groups in total. The predicted octanol–water partition coefficient (Wildman–Crippen LogP) is 11.9. The predicted molar refractivity (Wildman–Crippen MR) is 257 cm³/mol. The lowest BCUT2D eigenvalue weighted by Crippen LogP contribution is -2.61. The molecule has 1 aliphatic heterocycles. The van der Waals surface area contributed by atoms with E-state index in [1.807, 2.05) is 18.2 Å². The average Bonchev–Trinajstić information content (AvgIpc) is 3.29. The van der Waals surface area contributed by atoms with Gasteiger partial charge in [0.15, 0.2) is 24.6 Å². The SMILES string of the molecule is CC/C=C\C/C=C\C/C=C\C/C=C\CCC(=O)OC1C(OCC(COC(=O)CCCCCCCCCCCCCCC)OC(=O)CCCCCCCCCCC)OC(C(=O)O)C(O)C1O. The van der Waals surface area contributed by atoms with Gasteiger partial charge in [-0.3, -0.25) is 14.4 Å². The van der Waals surface area contributed by atoms with Crippen molar-refractivity contribution in [2.45, 2.75) is 250 Å². The first kappa shape index (κ1) is 59.7. The van der Waals surface area contributed by atoms with Crippen LogP contribution in [0.2, 0.25) is 0 Å². The summed E-state index contributed by atoms with van der Waals surface area (Å²) < 4.78 is 28.1. The van der Waals surface area contributed by atoms with Gasteiger partial charge in [0.1, 0.15) is 18.8 Å². The molecule has 12 nitrogen and oxygen atoms in total. The number of aliphatic hydroxyl groups is 2. The molecule has 0 aromatic heterocycles. The van der Waals surface area contributed by atoms with Crippen LogP contribution in [-0.2, 0) is 42.9 Å². The van der Waals surface area contributed by atoms with E-state index in [9.17, 15) is 34.5 Å². The first-order chi connectivity index (χ1) is 31.6. The van der Waals surface area contributed by atoms with Crippen molar-refractivity contribution in [3.63, 3.8) is 0 Å². The van der Waals surface area contributed by atoms with E-state index in [2.05, 4.69) is 51.2 Å². The van der Waals surface area contributed by atoms with Crippen LogP contribution in [-0.4, -0.2) is 89.2 Å². The minimum atomic E-state index is -1.92. The monoisotopic (exact) mass is 919 g/mol. The van der Waals surface area contributed by atoms with Gasteiger partial charge in [-0.15, -0.1) is 0 Å². The van der Waals surface area contributed by atoms with Crippen molar-refractivity contribution >= 4 is 23.9 Å². The van der Waals surface area contributed by atoms with Crippen LogP contribution in [0.1, 0.15) is 213 Å². The largest absolute Gasteiger partial charge is 0.479 e. The second-order valence-electron chi connectivity index (χ2n) is 17.4. The normalized spacial score (nSPS) is 19.4. The summed E-state index contributed by atoms with van der Waals surface area (Å²) in [4.78, 5) is 50.6. The van der Waals surface area contributed by atoms with Crippen LogP contribution in [0.25, 0.3) is 0 Å². The molecule has 374 valence electrons. The molecule has 12 heteroatoms. The van der Waals surface area contributed by atoms with E-state index in [0.29, 0.717) is 25.7 Å². The third kappa shape index (κ3) is 32.9. The molecule has 1 heterocycles. The second kappa shape index (κ2) is 42.1. The van der Waals surface area contributed by atoms with Gasteiger partial charge in [-0.2, -0.15) is 0 Å². The van der Waals surface area contributed by atoms with Gasteiger partial charge in [-0.05, 0) is 44.9 Å². The fraction of sp³-hybridized carbons (Fsp3) is 0.774. The summed E-state index contributed by atoms with van der Waals surface area (Å²) in [6, 6.07) is 0. The quantitative estimate of drug-likeness (QED) is 0.0229. The second-order valence-corrected chi connectivity index (χ2v) is 17.4. The topological polar surface area (TPSA) is 175 Å². The average molecular weight is 919 g/mol. The lowest BCUT2D eigenvalue weighted by molar-refractivity contribution is -0.301. The van der Waals surface area contributed by atoms with E-state index < -0.39 is 67.3 Å². The molecule has 6 unspecified atom stereocenters. The van der Waals surface area contributed by atoms with E-state index >= 15 is 0 Å². The molecule has 0 radical (unpaired) electrons. The Labute approximate surface area is 393 Å². The van der Waals surface area contributed by atoms with Crippen molar-refractivity contribution in [2.24, 2.45) is 0 Å². The molecule has 0 bridgehead atoms. The van der Waals surface area contributed by atoms with Crippen LogP contribution >= 0.6 is 0 Å². The number of unbranched alkanes of at least 4 members (excludes halogenated alkanes) is 20. The van der Waals surface area contributed by atoms with Crippen LogP contribution in [0, 0.1) is 0 Å². The zero-order valence-corrected chi connectivity index (χ0v) is 40.7. The third-order valence-corrected chi connectivity index (χ3v) is 11.4. The van der Waals surface area contributed by atoms with Crippen LogP contribution < -0.4 is 0 Å². The van der Waals surface area contributed by atoms with Crippen molar-refractivity contribution in [3.05, 3.63) is 48.6 Å². The molecule has 1 aliphatic rings. The molecule has 65 heavy (non-hydrogen) atoms. The minimum Gasteiger partial charge on any atom is -0.479 e. The number of hydrogen-bond donors (Lipinski definition) is 3. The molecule has 0 aromatic rings. The smallest absolute Gasteiger partial charge is 0.335 e. The Kier molecular flexibility index (Phi) is 38.6. The first-order valence-corrected chi connectivity index (χ1v) is 25.6. The minimum absolute atomic E-state index is 0.0586. The van der Waals surface area contributed by atoms with Gasteiger partial charge in [-0.25, -0.2) is 4.79 Å². The van der Waals surface area contributed by atoms with Crippen LogP contribution in [0.15, 0.2) is 48.6 Å². The number of carbonyl (C=O) groups is 4. The summed E-state index contributed by atoms with van der Waals surface area (Å²) in [6.45, 7) is 5.79. The van der Waals surface area contributed by atoms with E-state index in [4.69, 9.17) is 23.7 Å². The van der Waals surface area contributed by atoms with Crippen LogP contribution in [0.5, 0.6) is 0 Å². The fourth-order valence-corrected chi connectivity index (χ4v) is 7.50. The molecular weight excluding hydrogens is 829 g/mol. The van der Waals surface area contributed by atoms with E-state index in [1.165, 1.54) is 89.9 Å². The highest BCUT2D eigenvalue weighted by atomic mass is 16.7. The van der Waals surface area contributed by atoms with Crippen LogP contribution in [0.3, 0.4) is 0 Å². The highest BCUT2D eigenvalue weighted by molar-refractivity contribution is 5.74. The number of ether oxygens (including phenoxy) is 5. The Morgan fingerprint density at radius 1 is 0.523 bits per heavy atom. The number of carboxylic acid groups (broad SMARTS) is 1. The van der Waals surface area contributed by atoms with E-state index in [-0.39, 0.29) is 25.9 Å². The summed E-state index contributed by atoms with van der Waals surface area (Å²) in [5.41, 5.74) is 0. The zero-order valence-electron chi connectivity index (χ0n) is 40.7. The van der Waals surface area contributed by atoms with Crippen molar-refractivity contribution in [2.75, 3.05) is 13.2 Å². The zero-order chi connectivity index (χ0) is 47.6. The van der Waals surface area contributed by atoms with Gasteiger partial charge < -0.3 is 39.0 Å². The Morgan fingerprint density at radius 2 is 0.969 bits per heavy atom. The lowest BCUT2D eigenvalue weighted by Gasteiger charge is -2.40. The molecule has 1 fully saturated rings. The van der Waals surface area contributed by atoms with E-state index in [0.717, 1.165) is 57.8 Å². The Hall–Kier alpha value is -3.32. The molecule has 0 amide bonds. The number of aliphatic hydroxyl groups excluding tert-OH is 2. The highest BCUT2D eigenvalue weighted by Crippen LogP contribution is 2.26. The fourth-order valence-electron chi connectivity index (χ4n) is 7.50. The highest BCUT2D eigenvalue weighted by Gasteiger charge is 2.50. The van der Waals surface area contributed by atoms with Crippen molar-refractivity contribution < 1.29 is 58.2 Å². The van der Waals surface area contributed by atoms with Crippen LogP contribution in [0.4, 0.5) is 0 Å². The summed E-state index contributed by atoms with van der Waals surface area (Å²) in [7, 11) is 0. The lowest BCUT2D eigenvalue weighted by atomic mass is 9.98. The van der Waals surface area contributed by atoms with Crippen molar-refractivity contribution in [3.8, 4) is 0 Å². The molecule has 0 saturated carbocycles. The summed E-state index contributed by atoms with van der Waals surface area (Å²) in [5, 5.41) is 31.2. The Morgan fingerprint density at radius 3 is 1.45 bits per heavy atom.